The van der Waals surface area contributed by atoms with Crippen molar-refractivity contribution in [3.05, 3.63) is 53.9 Å². The van der Waals surface area contributed by atoms with Gasteiger partial charge in [-0.2, -0.15) is 0 Å². The quantitative estimate of drug-likeness (QED) is 0.859. The second kappa shape index (κ2) is 6.69. The molecule has 1 aromatic heterocycles. The fourth-order valence-electron chi connectivity index (χ4n) is 2.03. The SMILES string of the molecule is CCNCc1cccc(S(=O)(=O)Nc2ccncc2)c1C. The molecule has 1 aromatic carbocycles. The number of hydrogen-bond donors (Lipinski definition) is 2. The molecule has 0 aliphatic heterocycles. The molecule has 0 aliphatic rings. The Morgan fingerprint density at radius 1 is 1.14 bits per heavy atom. The molecule has 0 atom stereocenters. The zero-order valence-corrected chi connectivity index (χ0v) is 12.9. The van der Waals surface area contributed by atoms with Crippen LogP contribution >= 0.6 is 0 Å². The largest absolute Gasteiger partial charge is 0.313 e. The summed E-state index contributed by atoms with van der Waals surface area (Å²) < 4.78 is 27.6. The van der Waals surface area contributed by atoms with Gasteiger partial charge in [-0.1, -0.05) is 19.1 Å². The molecule has 0 unspecified atom stereocenters. The van der Waals surface area contributed by atoms with E-state index in [1.807, 2.05) is 19.9 Å². The van der Waals surface area contributed by atoms with Crippen molar-refractivity contribution in [3.63, 3.8) is 0 Å². The highest BCUT2D eigenvalue weighted by atomic mass is 32.2. The number of aromatic nitrogens is 1. The van der Waals surface area contributed by atoms with E-state index in [-0.39, 0.29) is 0 Å². The van der Waals surface area contributed by atoms with Crippen LogP contribution in [0.1, 0.15) is 18.1 Å². The summed E-state index contributed by atoms with van der Waals surface area (Å²) in [4.78, 5) is 4.17. The average molecular weight is 305 g/mol. The monoisotopic (exact) mass is 305 g/mol. The van der Waals surface area contributed by atoms with E-state index in [9.17, 15) is 8.42 Å². The van der Waals surface area contributed by atoms with Gasteiger partial charge in [-0.25, -0.2) is 8.42 Å². The summed E-state index contributed by atoms with van der Waals surface area (Å²) in [6.07, 6.45) is 3.10. The Morgan fingerprint density at radius 3 is 2.52 bits per heavy atom. The molecule has 2 N–H and O–H groups in total. The van der Waals surface area contributed by atoms with Crippen LogP contribution in [-0.4, -0.2) is 19.9 Å². The van der Waals surface area contributed by atoms with Crippen LogP contribution in [0.15, 0.2) is 47.6 Å². The maximum atomic E-state index is 12.5. The lowest BCUT2D eigenvalue weighted by Crippen LogP contribution is -2.17. The second-order valence-electron chi connectivity index (χ2n) is 4.66. The van der Waals surface area contributed by atoms with E-state index in [1.54, 1.807) is 36.7 Å². The first-order valence-electron chi connectivity index (χ1n) is 6.76. The van der Waals surface area contributed by atoms with Gasteiger partial charge in [-0.05, 0) is 42.8 Å². The van der Waals surface area contributed by atoms with Crippen LogP contribution in [0.25, 0.3) is 0 Å². The Hall–Kier alpha value is -1.92. The van der Waals surface area contributed by atoms with E-state index in [0.717, 1.165) is 17.7 Å². The predicted molar refractivity (Wildman–Crippen MR) is 83.6 cm³/mol. The van der Waals surface area contributed by atoms with E-state index in [0.29, 0.717) is 17.1 Å². The number of rotatable bonds is 6. The van der Waals surface area contributed by atoms with E-state index < -0.39 is 10.0 Å². The zero-order valence-electron chi connectivity index (χ0n) is 12.1. The minimum atomic E-state index is -3.60. The van der Waals surface area contributed by atoms with E-state index in [4.69, 9.17) is 0 Å². The first kappa shape index (κ1) is 15.5. The van der Waals surface area contributed by atoms with Crippen molar-refractivity contribution in [1.82, 2.24) is 10.3 Å². The van der Waals surface area contributed by atoms with Crippen LogP contribution in [0, 0.1) is 6.92 Å². The van der Waals surface area contributed by atoms with Gasteiger partial charge in [0.1, 0.15) is 0 Å². The number of pyridine rings is 1. The summed E-state index contributed by atoms with van der Waals surface area (Å²) in [5.74, 6) is 0. The van der Waals surface area contributed by atoms with Gasteiger partial charge in [0.25, 0.3) is 10.0 Å². The molecule has 21 heavy (non-hydrogen) atoms. The highest BCUT2D eigenvalue weighted by Gasteiger charge is 2.18. The van der Waals surface area contributed by atoms with Crippen molar-refractivity contribution in [1.29, 1.82) is 0 Å². The molecule has 112 valence electrons. The maximum Gasteiger partial charge on any atom is 0.262 e. The number of sulfonamides is 1. The van der Waals surface area contributed by atoms with Gasteiger partial charge in [-0.3, -0.25) is 9.71 Å². The topological polar surface area (TPSA) is 71.1 Å². The van der Waals surface area contributed by atoms with Gasteiger partial charge < -0.3 is 5.32 Å². The Kier molecular flexibility index (Phi) is 4.93. The molecule has 0 saturated heterocycles. The van der Waals surface area contributed by atoms with Crippen LogP contribution in [0.5, 0.6) is 0 Å². The first-order valence-corrected chi connectivity index (χ1v) is 8.25. The maximum absolute atomic E-state index is 12.5. The van der Waals surface area contributed by atoms with Gasteiger partial charge in [0.15, 0.2) is 0 Å². The molecule has 0 radical (unpaired) electrons. The summed E-state index contributed by atoms with van der Waals surface area (Å²) in [5.41, 5.74) is 2.25. The van der Waals surface area contributed by atoms with E-state index >= 15 is 0 Å². The molecule has 0 fully saturated rings. The van der Waals surface area contributed by atoms with Gasteiger partial charge >= 0.3 is 0 Å². The highest BCUT2D eigenvalue weighted by molar-refractivity contribution is 7.92. The third-order valence-corrected chi connectivity index (χ3v) is 4.71. The van der Waals surface area contributed by atoms with Crippen molar-refractivity contribution in [2.75, 3.05) is 11.3 Å². The summed E-state index contributed by atoms with van der Waals surface area (Å²) in [7, 11) is -3.60. The highest BCUT2D eigenvalue weighted by Crippen LogP contribution is 2.21. The Balaban J connectivity index is 2.32. The third-order valence-electron chi connectivity index (χ3n) is 3.18. The molecule has 0 amide bonds. The van der Waals surface area contributed by atoms with Crippen molar-refractivity contribution < 1.29 is 8.42 Å². The summed E-state index contributed by atoms with van der Waals surface area (Å²) >= 11 is 0. The van der Waals surface area contributed by atoms with Crippen LogP contribution in [0.2, 0.25) is 0 Å². The van der Waals surface area contributed by atoms with Crippen LogP contribution in [0.3, 0.4) is 0 Å². The molecule has 5 nitrogen and oxygen atoms in total. The van der Waals surface area contributed by atoms with E-state index in [2.05, 4.69) is 15.0 Å². The molecule has 2 aromatic rings. The molecule has 6 heteroatoms. The lowest BCUT2D eigenvalue weighted by molar-refractivity contribution is 0.600. The number of benzene rings is 1. The predicted octanol–water partition coefficient (Wildman–Crippen LogP) is 2.30. The van der Waals surface area contributed by atoms with Crippen molar-refractivity contribution in [3.8, 4) is 0 Å². The molecule has 2 rings (SSSR count). The van der Waals surface area contributed by atoms with Crippen molar-refractivity contribution in [2.45, 2.75) is 25.3 Å². The third kappa shape index (κ3) is 3.80. The lowest BCUT2D eigenvalue weighted by atomic mass is 10.1. The van der Waals surface area contributed by atoms with Crippen molar-refractivity contribution >= 4 is 15.7 Å². The first-order chi connectivity index (χ1) is 10.0. The Morgan fingerprint density at radius 2 is 1.86 bits per heavy atom. The molecule has 0 spiro atoms. The van der Waals surface area contributed by atoms with Crippen LogP contribution in [-0.2, 0) is 16.6 Å². The smallest absolute Gasteiger partial charge is 0.262 e. The average Bonchev–Trinajstić information content (AvgIpc) is 2.46. The fourth-order valence-corrected chi connectivity index (χ4v) is 3.38. The minimum absolute atomic E-state index is 0.301. The normalized spacial score (nSPS) is 11.3. The number of anilines is 1. The summed E-state index contributed by atoms with van der Waals surface area (Å²) in [6.45, 7) is 5.33. The van der Waals surface area contributed by atoms with Crippen molar-refractivity contribution in [2.24, 2.45) is 0 Å². The van der Waals surface area contributed by atoms with Gasteiger partial charge in [-0.15, -0.1) is 0 Å². The number of hydrogen-bond acceptors (Lipinski definition) is 4. The Labute approximate surface area is 125 Å². The standard InChI is InChI=1S/C15H19N3O2S/c1-3-16-11-13-5-4-6-15(12(13)2)21(19,20)18-14-7-9-17-10-8-14/h4-10,16H,3,11H2,1-2H3,(H,17,18). The lowest BCUT2D eigenvalue weighted by Gasteiger charge is -2.13. The fraction of sp³-hybridized carbons (Fsp3) is 0.267. The zero-order chi connectivity index (χ0) is 15.3. The minimum Gasteiger partial charge on any atom is -0.313 e. The van der Waals surface area contributed by atoms with E-state index in [1.165, 1.54) is 0 Å². The molecule has 0 aliphatic carbocycles. The molecule has 0 saturated carbocycles. The van der Waals surface area contributed by atoms with Gasteiger partial charge in [0, 0.05) is 18.9 Å². The molecule has 1 heterocycles. The summed E-state index contributed by atoms with van der Waals surface area (Å²) in [6, 6.07) is 8.56. The second-order valence-corrected chi connectivity index (χ2v) is 6.31. The number of nitrogens with zero attached hydrogens (tertiary/aromatic N) is 1. The Bertz CT molecular complexity index is 700. The summed E-state index contributed by atoms with van der Waals surface area (Å²) in [5, 5.41) is 3.21. The molecular weight excluding hydrogens is 286 g/mol. The van der Waals surface area contributed by atoms with Crippen LogP contribution in [0.4, 0.5) is 5.69 Å². The van der Waals surface area contributed by atoms with Gasteiger partial charge in [0.2, 0.25) is 0 Å². The molecular formula is C15H19N3O2S. The van der Waals surface area contributed by atoms with Gasteiger partial charge in [0.05, 0.1) is 10.6 Å². The number of nitrogens with one attached hydrogen (secondary N) is 2. The molecule has 0 bridgehead atoms. The van der Waals surface area contributed by atoms with Crippen LogP contribution < -0.4 is 10.0 Å².